The molecule has 1 saturated heterocycles. The van der Waals surface area contributed by atoms with Crippen molar-refractivity contribution in [2.75, 3.05) is 0 Å². The number of carbonyl (C=O) groups excluding carboxylic acids is 4. The van der Waals surface area contributed by atoms with Crippen molar-refractivity contribution < 1.29 is 29.0 Å². The van der Waals surface area contributed by atoms with Crippen molar-refractivity contribution in [1.29, 1.82) is 0 Å². The fourth-order valence-corrected chi connectivity index (χ4v) is 7.45. The number of likely N-dealkylation sites (tertiary alicyclic amines) is 1. The summed E-state index contributed by atoms with van der Waals surface area (Å²) in [5.41, 5.74) is 4.08. The Labute approximate surface area is 238 Å². The highest BCUT2D eigenvalue weighted by atomic mass is 79.9. The molecule has 7 rings (SSSR count). The van der Waals surface area contributed by atoms with Crippen LogP contribution in [-0.2, 0) is 32.1 Å². The van der Waals surface area contributed by atoms with E-state index in [0.717, 1.165) is 22.3 Å². The van der Waals surface area contributed by atoms with Crippen LogP contribution in [0.3, 0.4) is 0 Å². The number of phenols is 1. The Bertz CT molecular complexity index is 1650. The van der Waals surface area contributed by atoms with Gasteiger partial charge in [-0.05, 0) is 64.0 Å². The molecule has 2 aromatic carbocycles. The number of phenolic OH excluding ortho intramolecular Hbond substituents is 1. The first kappa shape index (κ1) is 25.0. The number of ketones is 2. The van der Waals surface area contributed by atoms with Crippen molar-refractivity contribution in [3.05, 3.63) is 105 Å². The predicted octanol–water partition coefficient (Wildman–Crippen LogP) is 4.71. The van der Waals surface area contributed by atoms with E-state index < -0.39 is 23.7 Å². The molecule has 40 heavy (non-hydrogen) atoms. The third-order valence-corrected chi connectivity index (χ3v) is 9.34. The topological polar surface area (TPSA) is 101 Å². The monoisotopic (exact) mass is 597 g/mol. The van der Waals surface area contributed by atoms with Gasteiger partial charge in [0.25, 0.3) is 0 Å². The van der Waals surface area contributed by atoms with Crippen LogP contribution in [0, 0.1) is 23.7 Å². The maximum Gasteiger partial charge on any atom is 0.234 e. The Morgan fingerprint density at radius 2 is 1.80 bits per heavy atom. The molecular weight excluding hydrogens is 574 g/mol. The van der Waals surface area contributed by atoms with Gasteiger partial charge in [-0.25, -0.2) is 0 Å². The minimum Gasteiger partial charge on any atom is -0.508 e. The van der Waals surface area contributed by atoms with Gasteiger partial charge in [0.1, 0.15) is 11.5 Å². The van der Waals surface area contributed by atoms with Crippen LogP contribution in [0.1, 0.15) is 24.0 Å². The summed E-state index contributed by atoms with van der Waals surface area (Å²) in [7, 11) is 0. The third-order valence-electron chi connectivity index (χ3n) is 8.75. The van der Waals surface area contributed by atoms with Gasteiger partial charge in [0.15, 0.2) is 11.6 Å². The number of halogens is 1. The van der Waals surface area contributed by atoms with E-state index in [4.69, 9.17) is 4.74 Å². The fraction of sp³-hybridized carbons (Fsp3) is 0.250. The summed E-state index contributed by atoms with van der Waals surface area (Å²) >= 11 is 3.26. The van der Waals surface area contributed by atoms with Gasteiger partial charge >= 0.3 is 0 Å². The van der Waals surface area contributed by atoms with E-state index in [0.29, 0.717) is 29.7 Å². The Morgan fingerprint density at radius 3 is 2.60 bits per heavy atom. The number of benzene rings is 2. The summed E-state index contributed by atoms with van der Waals surface area (Å²) in [6.07, 6.45) is 5.95. The molecule has 8 heteroatoms. The summed E-state index contributed by atoms with van der Waals surface area (Å²) in [5, 5.41) is 10.1. The van der Waals surface area contributed by atoms with Gasteiger partial charge in [0.2, 0.25) is 11.8 Å². The first-order valence-corrected chi connectivity index (χ1v) is 14.1. The Hall–Kier alpha value is -4.04. The van der Waals surface area contributed by atoms with Crippen LogP contribution in [0.5, 0.6) is 11.5 Å². The highest BCUT2D eigenvalue weighted by Gasteiger charge is 2.56. The number of hydrogen-bond acceptors (Lipinski definition) is 6. The van der Waals surface area contributed by atoms with Gasteiger partial charge in [0.05, 0.1) is 29.1 Å². The van der Waals surface area contributed by atoms with Gasteiger partial charge in [-0.1, -0.05) is 42.0 Å². The van der Waals surface area contributed by atoms with Crippen molar-refractivity contribution in [2.24, 2.45) is 23.7 Å². The zero-order chi connectivity index (χ0) is 27.7. The van der Waals surface area contributed by atoms with E-state index in [1.165, 1.54) is 11.0 Å². The average Bonchev–Trinajstić information content (AvgIpc) is 3.20. The molecular formula is C32H24BrNO6. The summed E-state index contributed by atoms with van der Waals surface area (Å²) < 4.78 is 6.12. The molecule has 1 N–H and O–H groups in total. The number of aromatic hydroxyl groups is 1. The Kier molecular flexibility index (Phi) is 5.78. The number of rotatable bonds is 3. The molecule has 3 aliphatic carbocycles. The zero-order valence-corrected chi connectivity index (χ0v) is 22.9. The fourth-order valence-electron chi connectivity index (χ4n) is 7.00. The van der Waals surface area contributed by atoms with Crippen molar-refractivity contribution >= 4 is 39.3 Å². The number of Topliss-reactive ketones (excluding diaryl/α,β-unsaturated/α-hetero) is 1. The van der Waals surface area contributed by atoms with Crippen molar-refractivity contribution in [1.82, 2.24) is 4.90 Å². The molecule has 0 radical (unpaired) electrons. The molecule has 1 fully saturated rings. The highest BCUT2D eigenvalue weighted by molar-refractivity contribution is 9.12. The van der Waals surface area contributed by atoms with Gasteiger partial charge in [-0.2, -0.15) is 0 Å². The second-order valence-corrected chi connectivity index (χ2v) is 11.8. The molecule has 200 valence electrons. The smallest absolute Gasteiger partial charge is 0.234 e. The van der Waals surface area contributed by atoms with Crippen LogP contribution in [0.15, 0.2) is 93.7 Å². The maximum absolute atomic E-state index is 13.9. The average molecular weight is 598 g/mol. The first-order chi connectivity index (χ1) is 19.3. The number of amides is 2. The molecule has 0 aromatic heterocycles. The number of carbonyl (C=O) groups is 4. The van der Waals surface area contributed by atoms with E-state index in [1.807, 2.05) is 36.4 Å². The van der Waals surface area contributed by atoms with Crippen LogP contribution < -0.4 is 4.74 Å². The summed E-state index contributed by atoms with van der Waals surface area (Å²) in [6, 6.07) is 14.3. The van der Waals surface area contributed by atoms with E-state index >= 15 is 0 Å². The lowest BCUT2D eigenvalue weighted by molar-refractivity contribution is -0.140. The normalized spacial score (nSPS) is 27.2. The number of nitrogens with zero attached hydrogens (tertiary/aromatic N) is 1. The molecule has 2 heterocycles. The molecule has 4 atom stereocenters. The largest absolute Gasteiger partial charge is 0.508 e. The quantitative estimate of drug-likeness (QED) is 0.312. The number of ether oxygens (including phenoxy) is 1. The number of fused-ring (bicyclic) bond motifs is 4. The second-order valence-electron chi connectivity index (χ2n) is 10.9. The molecule has 2 aliphatic heterocycles. The van der Waals surface area contributed by atoms with E-state index in [-0.39, 0.29) is 46.6 Å². The molecule has 4 unspecified atom stereocenters. The summed E-state index contributed by atoms with van der Waals surface area (Å²) in [6.45, 7) is 0.204. The van der Waals surface area contributed by atoms with Crippen molar-refractivity contribution in [3.8, 4) is 11.5 Å². The van der Waals surface area contributed by atoms with Crippen LogP contribution in [0.4, 0.5) is 0 Å². The Balaban J connectivity index is 1.30. The standard InChI is InChI=1S/C32H24BrNO6/c33-24-13-25(36)29-23(30(24)37)12-22-20(27(29)18-10-17-11-19(35)6-9-26(17)40-15-18)7-8-21-28(22)32(39)34(31(21)38)14-16-4-2-1-3-5-16/h1-7,9,11,13,15,21-22,27-28,35H,8,10,12,14H2. The minimum atomic E-state index is -0.609. The number of imide groups is 1. The van der Waals surface area contributed by atoms with Gasteiger partial charge in [-0.15, -0.1) is 0 Å². The molecule has 7 nitrogen and oxygen atoms in total. The first-order valence-electron chi connectivity index (χ1n) is 13.3. The lowest BCUT2D eigenvalue weighted by Crippen LogP contribution is -2.41. The van der Waals surface area contributed by atoms with Crippen molar-refractivity contribution in [2.45, 2.75) is 25.8 Å². The van der Waals surface area contributed by atoms with E-state index in [9.17, 15) is 24.3 Å². The van der Waals surface area contributed by atoms with E-state index in [2.05, 4.69) is 15.9 Å². The molecule has 2 amide bonds. The summed E-state index contributed by atoms with van der Waals surface area (Å²) in [5.74, 6) is -2.31. The lowest BCUT2D eigenvalue weighted by atomic mass is 9.59. The van der Waals surface area contributed by atoms with Crippen LogP contribution in [-0.4, -0.2) is 33.4 Å². The van der Waals surface area contributed by atoms with Crippen LogP contribution >= 0.6 is 15.9 Å². The SMILES string of the molecule is O=C1C=C(Br)C(=O)C2=C1C(C1=COc3ccc(O)cc3C1)C1=CCC3C(=O)N(Cc4ccccc4)C(=O)C3C1C2. The predicted molar refractivity (Wildman–Crippen MR) is 148 cm³/mol. The number of hydrogen-bond donors (Lipinski definition) is 1. The van der Waals surface area contributed by atoms with Crippen LogP contribution in [0.2, 0.25) is 0 Å². The lowest BCUT2D eigenvalue weighted by Gasteiger charge is -2.43. The molecule has 0 spiro atoms. The Morgan fingerprint density at radius 1 is 1.00 bits per heavy atom. The van der Waals surface area contributed by atoms with Gasteiger partial charge in [0, 0.05) is 35.1 Å². The molecule has 2 aromatic rings. The molecule has 5 aliphatic rings. The van der Waals surface area contributed by atoms with Gasteiger partial charge < -0.3 is 9.84 Å². The molecule has 0 bridgehead atoms. The highest BCUT2D eigenvalue weighted by Crippen LogP contribution is 2.55. The number of allylic oxidation sites excluding steroid dienone is 7. The second kappa shape index (κ2) is 9.27. The molecule has 0 saturated carbocycles. The van der Waals surface area contributed by atoms with Gasteiger partial charge in [-0.3, -0.25) is 24.1 Å². The van der Waals surface area contributed by atoms with Crippen LogP contribution in [0.25, 0.3) is 0 Å². The van der Waals surface area contributed by atoms with E-state index in [1.54, 1.807) is 24.5 Å². The van der Waals surface area contributed by atoms with Crippen molar-refractivity contribution in [3.63, 3.8) is 0 Å². The summed E-state index contributed by atoms with van der Waals surface area (Å²) in [4.78, 5) is 55.6. The maximum atomic E-state index is 13.9. The minimum absolute atomic E-state index is 0.106. The third kappa shape index (κ3) is 3.77. The zero-order valence-electron chi connectivity index (χ0n) is 21.3.